The molecule has 0 spiro atoms. The van der Waals surface area contributed by atoms with Crippen LogP contribution in [0.2, 0.25) is 0 Å². The monoisotopic (exact) mass is 904 g/mol. The van der Waals surface area contributed by atoms with Gasteiger partial charge in [-0.3, -0.25) is 4.55 Å². The van der Waals surface area contributed by atoms with E-state index in [2.05, 4.69) is 30.5 Å². The summed E-state index contributed by atoms with van der Waals surface area (Å²) >= 11 is 2.08. The van der Waals surface area contributed by atoms with Crippen molar-refractivity contribution in [3.63, 3.8) is 0 Å². The molecule has 55 heavy (non-hydrogen) atoms. The van der Waals surface area contributed by atoms with Crippen molar-refractivity contribution < 1.29 is 145 Å². The van der Waals surface area contributed by atoms with Gasteiger partial charge in [-0.1, -0.05) is 35.7 Å². The van der Waals surface area contributed by atoms with Gasteiger partial charge in [0.2, 0.25) is 5.95 Å². The van der Waals surface area contributed by atoms with Gasteiger partial charge in [0.15, 0.2) is 10.3 Å². The Hall–Kier alpha value is -0.530. The van der Waals surface area contributed by atoms with Crippen molar-refractivity contribution in [1.82, 2.24) is 15.0 Å². The van der Waals surface area contributed by atoms with Crippen molar-refractivity contribution in [3.8, 4) is 5.75 Å². The van der Waals surface area contributed by atoms with Crippen molar-refractivity contribution in [2.75, 3.05) is 35.4 Å². The van der Waals surface area contributed by atoms with Crippen LogP contribution in [0.4, 0.5) is 23.0 Å². The number of benzene rings is 3. The third-order valence-electron chi connectivity index (χ3n) is 6.62. The van der Waals surface area contributed by atoms with Crippen molar-refractivity contribution in [2.45, 2.75) is 39.9 Å². The number of methoxy groups -OCH3 is 1. The maximum atomic E-state index is 12.2. The van der Waals surface area contributed by atoms with Crippen LogP contribution < -0.4 is 98.7 Å². The Bertz CT molecular complexity index is 2420. The summed E-state index contributed by atoms with van der Waals surface area (Å²) < 4.78 is 141. The largest absolute Gasteiger partial charge is 1.00 e. The molecule has 0 aliphatic heterocycles. The number of nitrogens with one attached hydrogen (secondary N) is 1. The molecule has 4 aromatic rings. The molecule has 0 radical (unpaired) electrons. The molecule has 0 aliphatic carbocycles. The third kappa shape index (κ3) is 16.6. The summed E-state index contributed by atoms with van der Waals surface area (Å²) in [6.07, 6.45) is 0.0418. The van der Waals surface area contributed by atoms with Gasteiger partial charge in [-0.25, -0.2) is 25.3 Å². The fraction of sp³-hybridized carbons (Fsp3) is 0.296. The van der Waals surface area contributed by atoms with E-state index in [-0.39, 0.29) is 157 Å². The molecular weight excluding hydrogens is 878 g/mol. The smallest absolute Gasteiger partial charge is 0.748 e. The Labute approximate surface area is 392 Å². The predicted molar refractivity (Wildman–Crippen MR) is 187 cm³/mol. The number of fused-ring (bicyclic) bond motifs is 1. The SMILES string of the molecule is COc1cc(N=Nc2cc(S(=O)(=O)O)c3cccc(S(=O)(=O)[O-])c3c2)c(C)cc1Nc1nc(SCCCS(=O)(=O)[O-])nc(SCCCS(=O)(=O)[O-])n1.[Na+].[Na+].[Na+]. The Morgan fingerprint density at radius 3 is 1.82 bits per heavy atom. The zero-order valence-corrected chi connectivity index (χ0v) is 40.7. The van der Waals surface area contributed by atoms with Crippen LogP contribution >= 0.6 is 23.5 Å². The van der Waals surface area contributed by atoms with Crippen molar-refractivity contribution >= 4 is 97.8 Å². The van der Waals surface area contributed by atoms with Crippen molar-refractivity contribution in [3.05, 3.63) is 48.0 Å². The quantitative estimate of drug-likeness (QED) is 0.0329. The number of anilines is 2. The van der Waals surface area contributed by atoms with E-state index in [9.17, 15) is 51.9 Å². The number of rotatable bonds is 17. The molecule has 2 N–H and O–H groups in total. The van der Waals surface area contributed by atoms with Gasteiger partial charge in [-0.15, -0.1) is 0 Å². The molecule has 0 aliphatic rings. The third-order valence-corrected chi connectivity index (χ3v) is 11.9. The second kappa shape index (κ2) is 22.2. The fourth-order valence-electron chi connectivity index (χ4n) is 4.40. The van der Waals surface area contributed by atoms with E-state index >= 15 is 0 Å². The molecule has 0 fully saturated rings. The molecule has 4 rings (SSSR count). The number of thioether (sulfide) groups is 2. The zero-order chi connectivity index (χ0) is 38.5. The van der Waals surface area contributed by atoms with Gasteiger partial charge in [0.25, 0.3) is 10.1 Å². The van der Waals surface area contributed by atoms with Gasteiger partial charge in [0, 0.05) is 39.9 Å². The minimum Gasteiger partial charge on any atom is -0.748 e. The molecule has 1 heterocycles. The van der Waals surface area contributed by atoms with Gasteiger partial charge in [-0.2, -0.15) is 33.6 Å². The first-order valence-corrected chi connectivity index (χ1v) is 22.4. The van der Waals surface area contributed by atoms with Gasteiger partial charge < -0.3 is 23.7 Å². The van der Waals surface area contributed by atoms with Crippen LogP contribution in [0, 0.1) is 6.92 Å². The second-order valence-electron chi connectivity index (χ2n) is 10.5. The number of nitrogens with zero attached hydrogens (tertiary/aromatic N) is 5. The van der Waals surface area contributed by atoms with Gasteiger partial charge in [0.1, 0.15) is 20.8 Å². The van der Waals surface area contributed by atoms with E-state index in [4.69, 9.17) is 4.74 Å². The first-order valence-electron chi connectivity index (χ1n) is 14.4. The van der Waals surface area contributed by atoms with Crippen LogP contribution in [-0.4, -0.2) is 97.0 Å². The summed E-state index contributed by atoms with van der Waals surface area (Å²) in [5, 5.41) is 10.9. The maximum absolute atomic E-state index is 12.2. The maximum Gasteiger partial charge on any atom is 1.00 e. The summed E-state index contributed by atoms with van der Waals surface area (Å²) in [4.78, 5) is 11.5. The zero-order valence-electron chi connectivity index (χ0n) is 29.8. The Morgan fingerprint density at radius 2 is 1.33 bits per heavy atom. The van der Waals surface area contributed by atoms with Crippen molar-refractivity contribution in [1.29, 1.82) is 0 Å². The average Bonchev–Trinajstić information content (AvgIpc) is 3.02. The molecule has 0 amide bonds. The van der Waals surface area contributed by atoms with E-state index in [1.807, 2.05) is 0 Å². The average molecular weight is 905 g/mol. The number of aryl methyl sites for hydroxylation is 1. The van der Waals surface area contributed by atoms with E-state index in [1.165, 1.54) is 19.2 Å². The molecule has 3 aromatic carbocycles. The van der Waals surface area contributed by atoms with E-state index < -0.39 is 61.8 Å². The van der Waals surface area contributed by atoms with E-state index in [1.54, 1.807) is 13.0 Å². The molecule has 0 saturated carbocycles. The Kier molecular flexibility index (Phi) is 21.2. The molecule has 0 bridgehead atoms. The number of hydrogen-bond acceptors (Lipinski definition) is 20. The fourth-order valence-corrected chi connectivity index (χ4v) is 8.78. The topological polar surface area (TPSA) is 311 Å². The van der Waals surface area contributed by atoms with Crippen LogP contribution in [0.3, 0.4) is 0 Å². The summed E-state index contributed by atoms with van der Waals surface area (Å²) in [5.41, 5.74) is 0.779. The van der Waals surface area contributed by atoms with Gasteiger partial charge in [-0.05, 0) is 49.6 Å². The first kappa shape index (κ1) is 52.5. The molecule has 1 aromatic heterocycles. The van der Waals surface area contributed by atoms with Gasteiger partial charge in [0.05, 0.1) is 49.3 Å². The summed E-state index contributed by atoms with van der Waals surface area (Å²) in [6, 6.07) is 8.46. The number of hydrogen-bond donors (Lipinski definition) is 2. The van der Waals surface area contributed by atoms with E-state index in [0.717, 1.165) is 47.8 Å². The molecule has 19 nitrogen and oxygen atoms in total. The Morgan fingerprint density at radius 1 is 0.764 bits per heavy atom. The van der Waals surface area contributed by atoms with Gasteiger partial charge >= 0.3 is 88.7 Å². The number of ether oxygens (including phenoxy) is 1. The molecular formula is C27H27N6Na3O13S6. The van der Waals surface area contributed by atoms with Crippen LogP contribution in [0.25, 0.3) is 10.8 Å². The second-order valence-corrected chi connectivity index (χ2v) is 18.4. The Balaban J connectivity index is 0.00000504. The molecule has 0 saturated heterocycles. The molecule has 28 heteroatoms. The van der Waals surface area contributed by atoms with Crippen molar-refractivity contribution in [2.24, 2.45) is 10.2 Å². The summed E-state index contributed by atoms with van der Waals surface area (Å²) in [6.45, 7) is 1.63. The van der Waals surface area contributed by atoms with Crippen LogP contribution in [0.1, 0.15) is 18.4 Å². The predicted octanol–water partition coefficient (Wildman–Crippen LogP) is -5.28. The molecule has 0 atom stereocenters. The number of aromatic nitrogens is 3. The molecule has 0 unspecified atom stereocenters. The van der Waals surface area contributed by atoms with E-state index in [0.29, 0.717) is 11.3 Å². The summed E-state index contributed by atoms with van der Waals surface area (Å²) in [7, 11) is -17.5. The van der Waals surface area contributed by atoms with Crippen LogP contribution in [-0.2, 0) is 40.5 Å². The molecule has 282 valence electrons. The standard InChI is InChI=1S/C27H30N6O13S6.3Na/c1-16-12-21(28-25-29-26(47-8-4-10-49(34,35)36)31-27(30-25)48-9-5-11-50(37,38)39)22(46-2)15-20(16)33-32-17-13-19-18(24(14-17)52(43,44)45)6-3-7-23(19)51(40,41)42;;;/h3,6-7,12-15H,4-5,8-11H2,1-2H3,(H,34,35,36)(H,37,38,39)(H,40,41,42)(H,43,44,45)(H,28,29,30,31);;;/q;3*+1/p-3. The van der Waals surface area contributed by atoms with Crippen LogP contribution in [0.15, 0.2) is 72.8 Å². The minimum atomic E-state index is -5.06. The van der Waals surface area contributed by atoms with Crippen LogP contribution in [0.5, 0.6) is 5.75 Å². The minimum absolute atomic E-state index is 0. The number of azo groups is 1. The first-order chi connectivity index (χ1) is 24.1. The normalized spacial score (nSPS) is 12.1. The summed E-state index contributed by atoms with van der Waals surface area (Å²) in [5.74, 6) is -0.662.